The summed E-state index contributed by atoms with van der Waals surface area (Å²) in [5.41, 5.74) is 0.717. The zero-order valence-electron chi connectivity index (χ0n) is 12.9. The third-order valence-electron chi connectivity index (χ3n) is 3.88. The van der Waals surface area contributed by atoms with E-state index in [1.807, 2.05) is 6.07 Å². The van der Waals surface area contributed by atoms with Crippen LogP contribution in [0.2, 0.25) is 0 Å². The lowest BCUT2D eigenvalue weighted by molar-refractivity contribution is -0.0476. The van der Waals surface area contributed by atoms with E-state index in [1.54, 1.807) is 0 Å². The van der Waals surface area contributed by atoms with Gasteiger partial charge in [-0.25, -0.2) is 0 Å². The number of likely N-dealkylation sites (N-methyl/N-ethyl adjacent to an activating group) is 1. The summed E-state index contributed by atoms with van der Waals surface area (Å²) in [5.74, 6) is 0. The quantitative estimate of drug-likeness (QED) is 0.776. The molecule has 1 atom stereocenters. The molecule has 0 unspecified atom stereocenters. The van der Waals surface area contributed by atoms with Crippen molar-refractivity contribution in [3.8, 4) is 0 Å². The molecule has 0 aliphatic heterocycles. The summed E-state index contributed by atoms with van der Waals surface area (Å²) in [7, 11) is 4.15. The number of aliphatic hydroxyl groups is 1. The molecule has 0 fully saturated rings. The summed E-state index contributed by atoms with van der Waals surface area (Å²) in [4.78, 5) is 2.18. The van der Waals surface area contributed by atoms with Gasteiger partial charge in [0.15, 0.2) is 0 Å². The van der Waals surface area contributed by atoms with Crippen LogP contribution in [0.5, 0.6) is 0 Å². The molecule has 1 rings (SSSR count). The molecule has 0 spiro atoms. The van der Waals surface area contributed by atoms with E-state index in [4.69, 9.17) is 0 Å². The van der Waals surface area contributed by atoms with E-state index >= 15 is 0 Å². The first-order valence-electron chi connectivity index (χ1n) is 7.46. The Morgan fingerprint density at radius 2 is 1.58 bits per heavy atom. The highest BCUT2D eigenvalue weighted by Gasteiger charge is 2.36. The highest BCUT2D eigenvalue weighted by molar-refractivity contribution is 5.17. The highest BCUT2D eigenvalue weighted by Crippen LogP contribution is 2.28. The molecule has 1 aromatic carbocycles. The maximum Gasteiger partial charge on any atom is 0.0805 e. The molecule has 0 radical (unpaired) electrons. The van der Waals surface area contributed by atoms with Crippen LogP contribution < -0.4 is 0 Å². The monoisotopic (exact) mass is 263 g/mol. The molecule has 19 heavy (non-hydrogen) atoms. The second kappa shape index (κ2) is 7.66. The fraction of sp³-hybridized carbons (Fsp3) is 0.647. The molecule has 1 aromatic rings. The predicted octanol–water partition coefficient (Wildman–Crippen LogP) is 3.49. The number of benzene rings is 1. The first kappa shape index (κ1) is 16.2. The molecule has 0 bridgehead atoms. The molecule has 0 aromatic heterocycles. The van der Waals surface area contributed by atoms with Gasteiger partial charge in [-0.1, -0.05) is 57.0 Å². The smallest absolute Gasteiger partial charge is 0.0805 e. The molecule has 2 heteroatoms. The van der Waals surface area contributed by atoms with Gasteiger partial charge in [0.2, 0.25) is 0 Å². The zero-order valence-corrected chi connectivity index (χ0v) is 12.9. The lowest BCUT2D eigenvalue weighted by Gasteiger charge is -2.40. The Labute approximate surface area is 118 Å². The van der Waals surface area contributed by atoms with E-state index in [9.17, 15) is 5.11 Å². The molecule has 0 aliphatic carbocycles. The van der Waals surface area contributed by atoms with Gasteiger partial charge in [0.05, 0.1) is 5.60 Å². The van der Waals surface area contributed by atoms with Crippen molar-refractivity contribution in [1.82, 2.24) is 4.90 Å². The fourth-order valence-corrected chi connectivity index (χ4v) is 3.01. The van der Waals surface area contributed by atoms with Crippen molar-refractivity contribution in [3.05, 3.63) is 35.9 Å². The van der Waals surface area contributed by atoms with Crippen LogP contribution in [0, 0.1) is 0 Å². The van der Waals surface area contributed by atoms with Gasteiger partial charge >= 0.3 is 0 Å². The van der Waals surface area contributed by atoms with Gasteiger partial charge < -0.3 is 10.0 Å². The van der Waals surface area contributed by atoms with Crippen molar-refractivity contribution in [2.75, 3.05) is 14.1 Å². The van der Waals surface area contributed by atoms with Crippen molar-refractivity contribution in [2.45, 2.75) is 57.6 Å². The topological polar surface area (TPSA) is 23.5 Å². The third-order valence-corrected chi connectivity index (χ3v) is 3.88. The Morgan fingerprint density at radius 3 is 2.00 bits per heavy atom. The van der Waals surface area contributed by atoms with Crippen LogP contribution in [-0.2, 0) is 6.42 Å². The number of hydrogen-bond donors (Lipinski definition) is 1. The second-order valence-electron chi connectivity index (χ2n) is 5.77. The van der Waals surface area contributed by atoms with Gasteiger partial charge in [-0.3, -0.25) is 0 Å². The van der Waals surface area contributed by atoms with Crippen LogP contribution in [-0.4, -0.2) is 35.7 Å². The lowest BCUT2D eigenvalue weighted by atomic mass is 9.81. The molecular weight excluding hydrogens is 234 g/mol. The van der Waals surface area contributed by atoms with Gasteiger partial charge in [-0.05, 0) is 38.9 Å². The average molecular weight is 263 g/mol. The summed E-state index contributed by atoms with van der Waals surface area (Å²) in [5, 5.41) is 11.1. The normalized spacial score (nSPS) is 13.8. The van der Waals surface area contributed by atoms with Gasteiger partial charge in [0.25, 0.3) is 0 Å². The van der Waals surface area contributed by atoms with Crippen LogP contribution in [0.3, 0.4) is 0 Å². The molecule has 0 amide bonds. The van der Waals surface area contributed by atoms with Crippen LogP contribution in [0.4, 0.5) is 0 Å². The maximum absolute atomic E-state index is 11.1. The Morgan fingerprint density at radius 1 is 1.05 bits per heavy atom. The molecule has 108 valence electrons. The number of rotatable bonds is 8. The summed E-state index contributed by atoms with van der Waals surface area (Å²) < 4.78 is 0. The molecule has 0 saturated heterocycles. The van der Waals surface area contributed by atoms with Gasteiger partial charge in [-0.15, -0.1) is 0 Å². The van der Waals surface area contributed by atoms with E-state index in [2.05, 4.69) is 57.1 Å². The summed E-state index contributed by atoms with van der Waals surface area (Å²) in [6, 6.07) is 10.7. The van der Waals surface area contributed by atoms with Gasteiger partial charge in [0, 0.05) is 6.04 Å². The minimum absolute atomic E-state index is 0.176. The highest BCUT2D eigenvalue weighted by atomic mass is 16.3. The SMILES string of the molecule is CCCC(O)(CCC)[C@H](Cc1ccccc1)N(C)C. The standard InChI is InChI=1S/C17H29NO/c1-5-12-17(19,13-6-2)16(18(3)4)14-15-10-8-7-9-11-15/h7-11,16,19H,5-6,12-14H2,1-4H3/t16-/m0/s1. The van der Waals surface area contributed by atoms with E-state index < -0.39 is 5.60 Å². The van der Waals surface area contributed by atoms with Gasteiger partial charge in [-0.2, -0.15) is 0 Å². The Balaban J connectivity index is 2.91. The van der Waals surface area contributed by atoms with Crippen molar-refractivity contribution in [3.63, 3.8) is 0 Å². The summed E-state index contributed by atoms with van der Waals surface area (Å²) >= 11 is 0. The largest absolute Gasteiger partial charge is 0.388 e. The lowest BCUT2D eigenvalue weighted by Crippen LogP contribution is -2.51. The van der Waals surface area contributed by atoms with E-state index in [0.717, 1.165) is 32.1 Å². The van der Waals surface area contributed by atoms with Crippen LogP contribution in [0.15, 0.2) is 30.3 Å². The predicted molar refractivity (Wildman–Crippen MR) is 82.4 cm³/mol. The van der Waals surface area contributed by atoms with Crippen LogP contribution in [0.25, 0.3) is 0 Å². The van der Waals surface area contributed by atoms with Gasteiger partial charge in [0.1, 0.15) is 0 Å². The van der Waals surface area contributed by atoms with Crippen LogP contribution >= 0.6 is 0 Å². The van der Waals surface area contributed by atoms with Crippen molar-refractivity contribution in [1.29, 1.82) is 0 Å². The molecule has 0 saturated carbocycles. The Kier molecular flexibility index (Phi) is 6.53. The van der Waals surface area contributed by atoms with Crippen molar-refractivity contribution >= 4 is 0 Å². The van der Waals surface area contributed by atoms with Crippen molar-refractivity contribution in [2.24, 2.45) is 0 Å². The number of nitrogens with zero attached hydrogens (tertiary/aromatic N) is 1. The Hall–Kier alpha value is -0.860. The second-order valence-corrected chi connectivity index (χ2v) is 5.77. The molecule has 0 heterocycles. The summed E-state index contributed by atoms with van der Waals surface area (Å²) in [6.45, 7) is 4.30. The minimum Gasteiger partial charge on any atom is -0.388 e. The Bertz CT molecular complexity index is 342. The van der Waals surface area contributed by atoms with Crippen molar-refractivity contribution < 1.29 is 5.11 Å². The van der Waals surface area contributed by atoms with E-state index in [1.165, 1.54) is 5.56 Å². The summed E-state index contributed by atoms with van der Waals surface area (Å²) in [6.07, 6.45) is 4.70. The zero-order chi connectivity index (χ0) is 14.3. The third kappa shape index (κ3) is 4.63. The average Bonchev–Trinajstić information content (AvgIpc) is 2.37. The van der Waals surface area contributed by atoms with Crippen LogP contribution in [0.1, 0.15) is 45.1 Å². The molecule has 2 nitrogen and oxygen atoms in total. The van der Waals surface area contributed by atoms with E-state index in [0.29, 0.717) is 0 Å². The minimum atomic E-state index is -0.581. The molecular formula is C17H29NO. The first-order chi connectivity index (χ1) is 9.03. The number of hydrogen-bond acceptors (Lipinski definition) is 2. The first-order valence-corrected chi connectivity index (χ1v) is 7.46. The molecule has 0 aliphatic rings. The fourth-order valence-electron chi connectivity index (χ4n) is 3.01. The van der Waals surface area contributed by atoms with E-state index in [-0.39, 0.29) is 6.04 Å². The maximum atomic E-state index is 11.1. The molecule has 1 N–H and O–H groups in total.